The first-order valence-corrected chi connectivity index (χ1v) is 6.09. The second-order valence-electron chi connectivity index (χ2n) is 4.34. The van der Waals surface area contributed by atoms with Gasteiger partial charge in [0.1, 0.15) is 11.5 Å². The zero-order chi connectivity index (χ0) is 12.8. The maximum atomic E-state index is 5.94. The smallest absolute Gasteiger partial charge is 0.122 e. The number of benzene rings is 1. The van der Waals surface area contributed by atoms with Gasteiger partial charge < -0.3 is 15.2 Å². The highest BCUT2D eigenvalue weighted by atomic mass is 16.5. The number of hydrogen-bond donors (Lipinski definition) is 1. The van der Waals surface area contributed by atoms with Gasteiger partial charge in [-0.1, -0.05) is 6.92 Å². The monoisotopic (exact) mass is 237 g/mol. The molecule has 0 heterocycles. The first-order valence-electron chi connectivity index (χ1n) is 6.09. The highest BCUT2D eigenvalue weighted by molar-refractivity contribution is 5.46. The molecular formula is C14H23NO2. The molecule has 2 N–H and O–H groups in total. The van der Waals surface area contributed by atoms with Crippen molar-refractivity contribution in [2.75, 3.05) is 14.2 Å². The molecule has 0 aromatic heterocycles. The molecule has 0 spiro atoms. The molecule has 0 fully saturated rings. The van der Waals surface area contributed by atoms with E-state index >= 15 is 0 Å². The summed E-state index contributed by atoms with van der Waals surface area (Å²) in [4.78, 5) is 0. The van der Waals surface area contributed by atoms with E-state index in [1.54, 1.807) is 14.2 Å². The lowest BCUT2D eigenvalue weighted by Crippen LogP contribution is -2.19. The van der Waals surface area contributed by atoms with Gasteiger partial charge in [0.15, 0.2) is 0 Å². The van der Waals surface area contributed by atoms with Gasteiger partial charge in [0.25, 0.3) is 0 Å². The first-order chi connectivity index (χ1) is 8.12. The lowest BCUT2D eigenvalue weighted by molar-refractivity contribution is 0.395. The number of methoxy groups -OCH3 is 2. The van der Waals surface area contributed by atoms with Crippen LogP contribution in [0.15, 0.2) is 12.1 Å². The summed E-state index contributed by atoms with van der Waals surface area (Å²) in [7, 11) is 3.39. The maximum Gasteiger partial charge on any atom is 0.122 e. The van der Waals surface area contributed by atoms with Crippen LogP contribution >= 0.6 is 0 Å². The number of aryl methyl sites for hydroxylation is 2. The second kappa shape index (κ2) is 6.50. The summed E-state index contributed by atoms with van der Waals surface area (Å²) in [5, 5.41) is 0. The molecule has 1 atom stereocenters. The average molecular weight is 237 g/mol. The standard InChI is InChI=1S/C14H23NO2/c1-5-12(15)7-6-11-9-13(16-3)10(2)8-14(11)17-4/h8-9,12H,5-7,15H2,1-4H3. The Bertz CT molecular complexity index is 363. The Morgan fingerprint density at radius 2 is 1.82 bits per heavy atom. The molecule has 17 heavy (non-hydrogen) atoms. The Morgan fingerprint density at radius 1 is 1.18 bits per heavy atom. The van der Waals surface area contributed by atoms with Crippen molar-refractivity contribution in [1.82, 2.24) is 0 Å². The largest absolute Gasteiger partial charge is 0.496 e. The molecule has 0 aliphatic rings. The minimum atomic E-state index is 0.256. The fraction of sp³-hybridized carbons (Fsp3) is 0.571. The van der Waals surface area contributed by atoms with E-state index in [9.17, 15) is 0 Å². The third-order valence-corrected chi connectivity index (χ3v) is 3.11. The van der Waals surface area contributed by atoms with Gasteiger partial charge in [-0.25, -0.2) is 0 Å². The lowest BCUT2D eigenvalue weighted by Gasteiger charge is -2.14. The molecule has 0 bridgehead atoms. The Labute approximate surface area is 104 Å². The molecule has 1 rings (SSSR count). The maximum absolute atomic E-state index is 5.94. The fourth-order valence-corrected chi connectivity index (χ4v) is 1.85. The molecular weight excluding hydrogens is 214 g/mol. The van der Waals surface area contributed by atoms with Crippen molar-refractivity contribution in [2.24, 2.45) is 5.73 Å². The number of nitrogens with two attached hydrogens (primary N) is 1. The van der Waals surface area contributed by atoms with Crippen LogP contribution in [0.1, 0.15) is 30.9 Å². The van der Waals surface area contributed by atoms with Crippen molar-refractivity contribution >= 4 is 0 Å². The molecule has 1 aromatic rings. The van der Waals surface area contributed by atoms with E-state index in [-0.39, 0.29) is 6.04 Å². The highest BCUT2D eigenvalue weighted by Crippen LogP contribution is 2.29. The van der Waals surface area contributed by atoms with Crippen LogP contribution in [0.3, 0.4) is 0 Å². The van der Waals surface area contributed by atoms with Gasteiger partial charge in [-0.05, 0) is 49.4 Å². The number of hydrogen-bond acceptors (Lipinski definition) is 3. The first kappa shape index (κ1) is 13.8. The average Bonchev–Trinajstić information content (AvgIpc) is 2.36. The summed E-state index contributed by atoms with van der Waals surface area (Å²) in [5.74, 6) is 1.83. The topological polar surface area (TPSA) is 44.5 Å². The van der Waals surface area contributed by atoms with Gasteiger partial charge >= 0.3 is 0 Å². The van der Waals surface area contributed by atoms with Crippen LogP contribution < -0.4 is 15.2 Å². The van der Waals surface area contributed by atoms with E-state index < -0.39 is 0 Å². The Balaban J connectivity index is 2.88. The van der Waals surface area contributed by atoms with E-state index in [0.29, 0.717) is 0 Å². The van der Waals surface area contributed by atoms with Crippen LogP contribution in [-0.2, 0) is 6.42 Å². The second-order valence-corrected chi connectivity index (χ2v) is 4.34. The SMILES string of the molecule is CCC(N)CCc1cc(OC)c(C)cc1OC. The molecule has 0 amide bonds. The van der Waals surface area contributed by atoms with Crippen molar-refractivity contribution in [3.63, 3.8) is 0 Å². The van der Waals surface area contributed by atoms with E-state index in [4.69, 9.17) is 15.2 Å². The van der Waals surface area contributed by atoms with Crippen LogP contribution in [0.4, 0.5) is 0 Å². The van der Waals surface area contributed by atoms with Gasteiger partial charge in [0.2, 0.25) is 0 Å². The van der Waals surface area contributed by atoms with E-state index in [2.05, 4.69) is 13.0 Å². The molecule has 3 heteroatoms. The van der Waals surface area contributed by atoms with Gasteiger partial charge in [-0.15, -0.1) is 0 Å². The van der Waals surface area contributed by atoms with Crippen molar-refractivity contribution in [1.29, 1.82) is 0 Å². The molecule has 0 saturated heterocycles. The molecule has 3 nitrogen and oxygen atoms in total. The van der Waals surface area contributed by atoms with Crippen molar-refractivity contribution in [3.8, 4) is 11.5 Å². The predicted octanol–water partition coefficient (Wildman–Crippen LogP) is 2.68. The quantitative estimate of drug-likeness (QED) is 0.827. The predicted molar refractivity (Wildman–Crippen MR) is 70.9 cm³/mol. The molecule has 0 aliphatic heterocycles. The van der Waals surface area contributed by atoms with Gasteiger partial charge in [0, 0.05) is 6.04 Å². The summed E-state index contributed by atoms with van der Waals surface area (Å²) in [5.41, 5.74) is 8.20. The fourth-order valence-electron chi connectivity index (χ4n) is 1.85. The third kappa shape index (κ3) is 3.63. The van der Waals surface area contributed by atoms with E-state index in [0.717, 1.165) is 36.3 Å². The summed E-state index contributed by atoms with van der Waals surface area (Å²) in [6.45, 7) is 4.13. The van der Waals surface area contributed by atoms with Gasteiger partial charge in [-0.3, -0.25) is 0 Å². The lowest BCUT2D eigenvalue weighted by atomic mass is 10.0. The van der Waals surface area contributed by atoms with Crippen LogP contribution in [0.2, 0.25) is 0 Å². The van der Waals surface area contributed by atoms with Crippen LogP contribution in [0, 0.1) is 6.92 Å². The molecule has 1 unspecified atom stereocenters. The van der Waals surface area contributed by atoms with Gasteiger partial charge in [-0.2, -0.15) is 0 Å². The van der Waals surface area contributed by atoms with E-state index in [1.807, 2.05) is 13.0 Å². The van der Waals surface area contributed by atoms with Gasteiger partial charge in [0.05, 0.1) is 14.2 Å². The molecule has 96 valence electrons. The van der Waals surface area contributed by atoms with Crippen LogP contribution in [-0.4, -0.2) is 20.3 Å². The zero-order valence-corrected chi connectivity index (χ0v) is 11.2. The Morgan fingerprint density at radius 3 is 2.35 bits per heavy atom. The molecule has 0 saturated carbocycles. The Hall–Kier alpha value is -1.22. The van der Waals surface area contributed by atoms with Crippen molar-refractivity contribution in [3.05, 3.63) is 23.3 Å². The van der Waals surface area contributed by atoms with Crippen LogP contribution in [0.25, 0.3) is 0 Å². The third-order valence-electron chi connectivity index (χ3n) is 3.11. The van der Waals surface area contributed by atoms with E-state index in [1.165, 1.54) is 5.56 Å². The summed E-state index contributed by atoms with van der Waals surface area (Å²) in [6, 6.07) is 4.33. The molecule has 0 aliphatic carbocycles. The number of rotatable bonds is 6. The molecule has 1 aromatic carbocycles. The number of ether oxygens (including phenoxy) is 2. The minimum absolute atomic E-state index is 0.256. The zero-order valence-electron chi connectivity index (χ0n) is 11.2. The highest BCUT2D eigenvalue weighted by Gasteiger charge is 2.09. The normalized spacial score (nSPS) is 12.3. The summed E-state index contributed by atoms with van der Waals surface area (Å²) < 4.78 is 10.7. The van der Waals surface area contributed by atoms with Crippen molar-refractivity contribution < 1.29 is 9.47 Å². The Kier molecular flexibility index (Phi) is 5.29. The van der Waals surface area contributed by atoms with Crippen LogP contribution in [0.5, 0.6) is 11.5 Å². The summed E-state index contributed by atoms with van der Waals surface area (Å²) >= 11 is 0. The minimum Gasteiger partial charge on any atom is -0.496 e. The molecule has 0 radical (unpaired) electrons. The van der Waals surface area contributed by atoms with Crippen molar-refractivity contribution in [2.45, 2.75) is 39.2 Å². The summed E-state index contributed by atoms with van der Waals surface area (Å²) in [6.07, 6.45) is 2.90.